The molecule has 1 aliphatic rings. The van der Waals surface area contributed by atoms with Crippen LogP contribution in [0.2, 0.25) is 5.02 Å². The minimum absolute atomic E-state index is 0.00435. The lowest BCUT2D eigenvalue weighted by Gasteiger charge is -2.29. The summed E-state index contributed by atoms with van der Waals surface area (Å²) in [6.07, 6.45) is 1.96. The van der Waals surface area contributed by atoms with Crippen molar-refractivity contribution in [1.29, 1.82) is 0 Å². The van der Waals surface area contributed by atoms with E-state index in [1.165, 1.54) is 13.2 Å². The van der Waals surface area contributed by atoms with Crippen molar-refractivity contribution in [2.75, 3.05) is 13.7 Å². The normalized spacial score (nSPS) is 18.3. The smallest absolute Gasteiger partial charge is 0.244 e. The molecule has 0 spiro atoms. The molecule has 0 saturated heterocycles. The number of benzene rings is 1. The zero-order valence-electron chi connectivity index (χ0n) is 11.8. The summed E-state index contributed by atoms with van der Waals surface area (Å²) in [5.41, 5.74) is 5.12. The molecule has 1 aromatic carbocycles. The summed E-state index contributed by atoms with van der Waals surface area (Å²) >= 11 is 9.22. The maximum Gasteiger partial charge on any atom is 0.244 e. The molecule has 2 rings (SSSR count). The fraction of sp³-hybridized carbons (Fsp3) is 0.538. The van der Waals surface area contributed by atoms with Crippen LogP contribution in [-0.2, 0) is 10.0 Å². The fourth-order valence-corrected chi connectivity index (χ4v) is 5.17. The standard InChI is InChI=1S/C13H18BrClN2O3S/c1-13(7-16,8-3-4-8)17-21(18,19)11-6-9(15)5-10(14)12(11)20-2/h5-6,8,17H,3-4,7,16H2,1-2H3. The Balaban J connectivity index is 2.44. The third-order valence-corrected chi connectivity index (χ3v) is 6.16. The molecule has 1 aliphatic carbocycles. The maximum absolute atomic E-state index is 12.7. The number of methoxy groups -OCH3 is 1. The van der Waals surface area contributed by atoms with Gasteiger partial charge in [0.15, 0.2) is 5.75 Å². The Hall–Kier alpha value is -0.340. The predicted octanol–water partition coefficient (Wildman–Crippen LogP) is 2.52. The van der Waals surface area contributed by atoms with Gasteiger partial charge in [0.2, 0.25) is 10.0 Å². The van der Waals surface area contributed by atoms with Crippen molar-refractivity contribution in [3.8, 4) is 5.75 Å². The summed E-state index contributed by atoms with van der Waals surface area (Å²) in [7, 11) is -2.38. The van der Waals surface area contributed by atoms with E-state index >= 15 is 0 Å². The number of ether oxygens (including phenoxy) is 1. The molecule has 1 aromatic rings. The van der Waals surface area contributed by atoms with E-state index in [0.717, 1.165) is 12.8 Å². The van der Waals surface area contributed by atoms with Crippen LogP contribution < -0.4 is 15.2 Å². The molecule has 1 saturated carbocycles. The van der Waals surface area contributed by atoms with Gasteiger partial charge >= 0.3 is 0 Å². The molecule has 0 radical (unpaired) electrons. The van der Waals surface area contributed by atoms with Crippen LogP contribution in [0, 0.1) is 5.92 Å². The Kier molecular flexibility index (Phi) is 4.90. The molecule has 0 aliphatic heterocycles. The molecule has 1 fully saturated rings. The van der Waals surface area contributed by atoms with Crippen LogP contribution in [0.5, 0.6) is 5.75 Å². The minimum Gasteiger partial charge on any atom is -0.494 e. The highest BCUT2D eigenvalue weighted by molar-refractivity contribution is 9.10. The second-order valence-corrected chi connectivity index (χ2v) is 8.36. The molecule has 0 aromatic heterocycles. The summed E-state index contributed by atoms with van der Waals surface area (Å²) in [6, 6.07) is 2.96. The molecule has 5 nitrogen and oxygen atoms in total. The molecule has 1 unspecified atom stereocenters. The highest BCUT2D eigenvalue weighted by Gasteiger charge is 2.43. The van der Waals surface area contributed by atoms with E-state index in [1.54, 1.807) is 6.07 Å². The Morgan fingerprint density at radius 1 is 1.52 bits per heavy atom. The number of hydrogen-bond acceptors (Lipinski definition) is 4. The first-order valence-corrected chi connectivity index (χ1v) is 9.16. The molecular weight excluding hydrogens is 380 g/mol. The SMILES string of the molecule is COc1c(Br)cc(Cl)cc1S(=O)(=O)NC(C)(CN)C1CC1. The Labute approximate surface area is 138 Å². The number of halogens is 2. The van der Waals surface area contributed by atoms with E-state index < -0.39 is 15.6 Å². The third kappa shape index (κ3) is 3.53. The molecule has 0 amide bonds. The fourth-order valence-electron chi connectivity index (χ4n) is 2.31. The summed E-state index contributed by atoms with van der Waals surface area (Å²) in [6.45, 7) is 2.06. The van der Waals surface area contributed by atoms with Gasteiger partial charge in [-0.2, -0.15) is 0 Å². The van der Waals surface area contributed by atoms with Gasteiger partial charge in [-0.1, -0.05) is 11.6 Å². The van der Waals surface area contributed by atoms with Gasteiger partial charge < -0.3 is 10.5 Å². The summed E-state index contributed by atoms with van der Waals surface area (Å²) in [5.74, 6) is 0.493. The lowest BCUT2D eigenvalue weighted by Crippen LogP contribution is -2.53. The average Bonchev–Trinajstić information content (AvgIpc) is 3.22. The minimum atomic E-state index is -3.79. The quantitative estimate of drug-likeness (QED) is 0.773. The van der Waals surface area contributed by atoms with Gasteiger partial charge in [0, 0.05) is 17.1 Å². The number of nitrogens with two attached hydrogens (primary N) is 1. The summed E-state index contributed by atoms with van der Waals surface area (Å²) in [4.78, 5) is 0.00435. The van der Waals surface area contributed by atoms with Gasteiger partial charge in [0.05, 0.1) is 11.6 Å². The van der Waals surface area contributed by atoms with Crippen LogP contribution in [0.3, 0.4) is 0 Å². The van der Waals surface area contributed by atoms with Crippen LogP contribution in [0.25, 0.3) is 0 Å². The van der Waals surface area contributed by atoms with Crippen LogP contribution >= 0.6 is 27.5 Å². The lowest BCUT2D eigenvalue weighted by molar-refractivity contribution is 0.370. The van der Waals surface area contributed by atoms with Crippen molar-refractivity contribution in [2.45, 2.75) is 30.2 Å². The van der Waals surface area contributed by atoms with E-state index in [1.807, 2.05) is 6.92 Å². The summed E-state index contributed by atoms with van der Waals surface area (Å²) in [5, 5.41) is 0.309. The van der Waals surface area contributed by atoms with Crippen molar-refractivity contribution >= 4 is 37.6 Å². The van der Waals surface area contributed by atoms with Gasteiger partial charge in [-0.25, -0.2) is 13.1 Å². The van der Waals surface area contributed by atoms with Gasteiger partial charge in [0.1, 0.15) is 4.90 Å². The molecule has 21 heavy (non-hydrogen) atoms. The second-order valence-electron chi connectivity index (χ2n) is 5.42. The molecule has 8 heteroatoms. The Morgan fingerprint density at radius 2 is 2.14 bits per heavy atom. The zero-order valence-corrected chi connectivity index (χ0v) is 15.0. The molecule has 0 heterocycles. The number of rotatable bonds is 6. The predicted molar refractivity (Wildman–Crippen MR) is 86.2 cm³/mol. The van der Waals surface area contributed by atoms with Crippen molar-refractivity contribution < 1.29 is 13.2 Å². The number of hydrogen-bond donors (Lipinski definition) is 2. The van der Waals surface area contributed by atoms with Crippen molar-refractivity contribution in [3.05, 3.63) is 21.6 Å². The first-order chi connectivity index (χ1) is 9.73. The van der Waals surface area contributed by atoms with Crippen molar-refractivity contribution in [3.63, 3.8) is 0 Å². The topological polar surface area (TPSA) is 81.4 Å². The maximum atomic E-state index is 12.7. The van der Waals surface area contributed by atoms with E-state index in [0.29, 0.717) is 9.50 Å². The largest absolute Gasteiger partial charge is 0.494 e. The third-order valence-electron chi connectivity index (χ3n) is 3.74. The van der Waals surface area contributed by atoms with Crippen LogP contribution in [0.15, 0.2) is 21.5 Å². The van der Waals surface area contributed by atoms with E-state index in [4.69, 9.17) is 22.1 Å². The van der Waals surface area contributed by atoms with Crippen LogP contribution in [0.1, 0.15) is 19.8 Å². The number of sulfonamides is 1. The highest BCUT2D eigenvalue weighted by Crippen LogP contribution is 2.41. The first kappa shape index (κ1) is 17.0. The van der Waals surface area contributed by atoms with Gasteiger partial charge in [-0.05, 0) is 53.7 Å². The molecule has 3 N–H and O–H groups in total. The van der Waals surface area contributed by atoms with Crippen LogP contribution in [-0.4, -0.2) is 27.6 Å². The van der Waals surface area contributed by atoms with E-state index in [2.05, 4.69) is 20.7 Å². The second kappa shape index (κ2) is 6.04. The van der Waals surface area contributed by atoms with Crippen molar-refractivity contribution in [2.24, 2.45) is 11.7 Å². The summed E-state index contributed by atoms with van der Waals surface area (Å²) < 4.78 is 33.8. The van der Waals surface area contributed by atoms with Crippen molar-refractivity contribution in [1.82, 2.24) is 4.72 Å². The Morgan fingerprint density at radius 3 is 2.62 bits per heavy atom. The molecule has 1 atom stereocenters. The zero-order chi connectivity index (χ0) is 15.8. The van der Waals surface area contributed by atoms with E-state index in [-0.39, 0.29) is 23.1 Å². The highest BCUT2D eigenvalue weighted by atomic mass is 79.9. The molecular formula is C13H18BrClN2O3S. The van der Waals surface area contributed by atoms with Gasteiger partial charge in [0.25, 0.3) is 0 Å². The van der Waals surface area contributed by atoms with E-state index in [9.17, 15) is 8.42 Å². The van der Waals surface area contributed by atoms with Gasteiger partial charge in [-0.3, -0.25) is 0 Å². The van der Waals surface area contributed by atoms with Gasteiger partial charge in [-0.15, -0.1) is 0 Å². The average molecular weight is 398 g/mol. The monoisotopic (exact) mass is 396 g/mol. The molecule has 0 bridgehead atoms. The molecule has 118 valence electrons. The number of nitrogens with one attached hydrogen (secondary N) is 1. The lowest BCUT2D eigenvalue weighted by atomic mass is 9.98. The van der Waals surface area contributed by atoms with Crippen LogP contribution in [0.4, 0.5) is 0 Å². The first-order valence-electron chi connectivity index (χ1n) is 6.50. The Bertz CT molecular complexity index is 649.